The molecule has 0 saturated carbocycles. The third-order valence-corrected chi connectivity index (χ3v) is 2.58. The van der Waals surface area contributed by atoms with E-state index in [1.165, 1.54) is 6.20 Å². The van der Waals surface area contributed by atoms with E-state index in [4.69, 9.17) is 5.73 Å². The number of rotatable bonds is 2. The minimum atomic E-state index is -0.245. The van der Waals surface area contributed by atoms with Gasteiger partial charge in [-0.05, 0) is 43.2 Å². The lowest BCUT2D eigenvalue weighted by Crippen LogP contribution is -2.14. The van der Waals surface area contributed by atoms with Crippen LogP contribution in [0.5, 0.6) is 0 Å². The molecule has 0 atom stereocenters. The highest BCUT2D eigenvalue weighted by molar-refractivity contribution is 6.07. The fourth-order valence-electron chi connectivity index (χ4n) is 1.84. The largest absolute Gasteiger partial charge is 0.398 e. The summed E-state index contributed by atoms with van der Waals surface area (Å²) in [5.74, 6) is -0.245. The predicted octanol–water partition coefficient (Wildman–Crippen LogP) is 2.53. The zero-order chi connectivity index (χ0) is 13.1. The molecule has 0 aliphatic heterocycles. The van der Waals surface area contributed by atoms with Gasteiger partial charge in [0.15, 0.2) is 0 Å². The second kappa shape index (κ2) is 4.87. The van der Waals surface area contributed by atoms with Crippen molar-refractivity contribution in [2.45, 2.75) is 13.8 Å². The molecule has 0 fully saturated rings. The maximum Gasteiger partial charge on any atom is 0.259 e. The number of nitrogens with zero attached hydrogens (tertiary/aromatic N) is 1. The van der Waals surface area contributed by atoms with E-state index in [9.17, 15) is 4.79 Å². The van der Waals surface area contributed by atoms with Crippen molar-refractivity contribution in [2.24, 2.45) is 0 Å². The number of nitrogens with one attached hydrogen (secondary N) is 1. The third-order valence-electron chi connectivity index (χ3n) is 2.58. The van der Waals surface area contributed by atoms with Crippen LogP contribution in [0.25, 0.3) is 0 Å². The van der Waals surface area contributed by atoms with Crippen molar-refractivity contribution in [3.8, 4) is 0 Å². The van der Waals surface area contributed by atoms with Crippen molar-refractivity contribution in [1.29, 1.82) is 0 Å². The minimum Gasteiger partial charge on any atom is -0.398 e. The molecule has 0 aliphatic carbocycles. The molecule has 1 aromatic heterocycles. The van der Waals surface area contributed by atoms with Gasteiger partial charge in [-0.1, -0.05) is 6.07 Å². The molecule has 18 heavy (non-hydrogen) atoms. The molecular weight excluding hydrogens is 226 g/mol. The Kier molecular flexibility index (Phi) is 3.28. The lowest BCUT2D eigenvalue weighted by Gasteiger charge is -2.08. The Bertz CT molecular complexity index is 573. The van der Waals surface area contributed by atoms with E-state index in [1.54, 1.807) is 12.3 Å². The maximum absolute atomic E-state index is 12.0. The number of nitrogen functional groups attached to an aromatic ring is 1. The van der Waals surface area contributed by atoms with Crippen molar-refractivity contribution in [1.82, 2.24) is 4.98 Å². The second-order valence-electron chi connectivity index (χ2n) is 4.29. The SMILES string of the molecule is Cc1cc(C)cc(NC(=O)c2cnccc2N)c1. The average molecular weight is 241 g/mol. The summed E-state index contributed by atoms with van der Waals surface area (Å²) >= 11 is 0. The number of carbonyl (C=O) groups is 1. The van der Waals surface area contributed by atoms with Gasteiger partial charge in [0, 0.05) is 23.8 Å². The first-order valence-corrected chi connectivity index (χ1v) is 5.65. The fourth-order valence-corrected chi connectivity index (χ4v) is 1.84. The van der Waals surface area contributed by atoms with Gasteiger partial charge < -0.3 is 11.1 Å². The summed E-state index contributed by atoms with van der Waals surface area (Å²) < 4.78 is 0. The van der Waals surface area contributed by atoms with E-state index in [0.29, 0.717) is 11.3 Å². The van der Waals surface area contributed by atoms with Crippen LogP contribution in [0.2, 0.25) is 0 Å². The first-order chi connectivity index (χ1) is 8.56. The van der Waals surface area contributed by atoms with Gasteiger partial charge >= 0.3 is 0 Å². The number of carbonyl (C=O) groups excluding carboxylic acids is 1. The highest BCUT2D eigenvalue weighted by Crippen LogP contribution is 2.16. The smallest absolute Gasteiger partial charge is 0.259 e. The molecule has 0 saturated heterocycles. The molecule has 1 amide bonds. The van der Waals surface area contributed by atoms with Gasteiger partial charge in [0.05, 0.1) is 5.56 Å². The van der Waals surface area contributed by atoms with Crippen molar-refractivity contribution in [3.05, 3.63) is 53.3 Å². The first kappa shape index (κ1) is 12.1. The van der Waals surface area contributed by atoms with Gasteiger partial charge in [0.2, 0.25) is 0 Å². The number of nitrogens with two attached hydrogens (primary N) is 1. The van der Waals surface area contributed by atoms with Crippen LogP contribution < -0.4 is 11.1 Å². The molecule has 1 aromatic carbocycles. The van der Waals surface area contributed by atoms with E-state index in [2.05, 4.69) is 10.3 Å². The number of amides is 1. The Balaban J connectivity index is 2.24. The third kappa shape index (κ3) is 2.66. The van der Waals surface area contributed by atoms with Crippen LogP contribution in [0, 0.1) is 13.8 Å². The standard InChI is InChI=1S/C14H15N3O/c1-9-5-10(2)7-11(6-9)17-14(18)12-8-16-4-3-13(12)15/h3-8H,1-2H3,(H2,15,16)(H,17,18). The Labute approximate surface area is 106 Å². The molecule has 3 N–H and O–H groups in total. The fraction of sp³-hybridized carbons (Fsp3) is 0.143. The van der Waals surface area contributed by atoms with Gasteiger partial charge in [-0.2, -0.15) is 0 Å². The van der Waals surface area contributed by atoms with E-state index >= 15 is 0 Å². The molecule has 2 rings (SSSR count). The van der Waals surface area contributed by atoms with Crippen LogP contribution in [-0.2, 0) is 0 Å². The predicted molar refractivity (Wildman–Crippen MR) is 72.5 cm³/mol. The lowest BCUT2D eigenvalue weighted by molar-refractivity contribution is 0.102. The van der Waals surface area contributed by atoms with Gasteiger partial charge in [-0.25, -0.2) is 0 Å². The van der Waals surface area contributed by atoms with Gasteiger partial charge in [-0.15, -0.1) is 0 Å². The van der Waals surface area contributed by atoms with Crippen LogP contribution in [0.3, 0.4) is 0 Å². The van der Waals surface area contributed by atoms with Crippen molar-refractivity contribution in [3.63, 3.8) is 0 Å². The van der Waals surface area contributed by atoms with Crippen LogP contribution in [0.15, 0.2) is 36.7 Å². The van der Waals surface area contributed by atoms with E-state index in [0.717, 1.165) is 16.8 Å². The summed E-state index contributed by atoms with van der Waals surface area (Å²) in [5, 5.41) is 2.82. The summed E-state index contributed by atoms with van der Waals surface area (Å²) in [6.45, 7) is 3.97. The second-order valence-corrected chi connectivity index (χ2v) is 4.29. The first-order valence-electron chi connectivity index (χ1n) is 5.65. The average Bonchev–Trinajstić information content (AvgIpc) is 2.27. The van der Waals surface area contributed by atoms with Crippen LogP contribution in [0.4, 0.5) is 11.4 Å². The molecule has 0 aliphatic rings. The van der Waals surface area contributed by atoms with E-state index < -0.39 is 0 Å². The van der Waals surface area contributed by atoms with Gasteiger partial charge in [-0.3, -0.25) is 9.78 Å². The number of anilines is 2. The number of aryl methyl sites for hydroxylation is 2. The topological polar surface area (TPSA) is 68.0 Å². The Hall–Kier alpha value is -2.36. The number of benzene rings is 1. The zero-order valence-electron chi connectivity index (χ0n) is 10.4. The molecule has 0 bridgehead atoms. The molecule has 2 aromatic rings. The molecule has 4 nitrogen and oxygen atoms in total. The van der Waals surface area contributed by atoms with Crippen molar-refractivity contribution < 1.29 is 4.79 Å². The van der Waals surface area contributed by atoms with Crippen LogP contribution in [0.1, 0.15) is 21.5 Å². The highest BCUT2D eigenvalue weighted by atomic mass is 16.1. The summed E-state index contributed by atoms with van der Waals surface area (Å²) in [6.07, 6.45) is 3.02. The van der Waals surface area contributed by atoms with Crippen molar-refractivity contribution in [2.75, 3.05) is 11.1 Å². The molecule has 4 heteroatoms. The Morgan fingerprint density at radius 2 is 1.89 bits per heavy atom. The lowest BCUT2D eigenvalue weighted by atomic mass is 10.1. The van der Waals surface area contributed by atoms with Crippen LogP contribution >= 0.6 is 0 Å². The normalized spacial score (nSPS) is 10.1. The molecule has 0 unspecified atom stereocenters. The summed E-state index contributed by atoms with van der Waals surface area (Å²) in [4.78, 5) is 15.9. The van der Waals surface area contributed by atoms with Crippen LogP contribution in [-0.4, -0.2) is 10.9 Å². The molecular formula is C14H15N3O. The quantitative estimate of drug-likeness (QED) is 0.849. The zero-order valence-corrected chi connectivity index (χ0v) is 10.4. The molecule has 92 valence electrons. The summed E-state index contributed by atoms with van der Waals surface area (Å²) in [7, 11) is 0. The molecule has 1 heterocycles. The molecule has 0 spiro atoms. The summed E-state index contributed by atoms with van der Waals surface area (Å²) in [5.41, 5.74) is 9.51. The number of hydrogen-bond donors (Lipinski definition) is 2. The Morgan fingerprint density at radius 1 is 1.22 bits per heavy atom. The maximum atomic E-state index is 12.0. The van der Waals surface area contributed by atoms with E-state index in [1.807, 2.05) is 32.0 Å². The van der Waals surface area contributed by atoms with Crippen molar-refractivity contribution >= 4 is 17.3 Å². The van der Waals surface area contributed by atoms with E-state index in [-0.39, 0.29) is 5.91 Å². The van der Waals surface area contributed by atoms with Gasteiger partial charge in [0.1, 0.15) is 0 Å². The number of hydrogen-bond acceptors (Lipinski definition) is 3. The number of aromatic nitrogens is 1. The van der Waals surface area contributed by atoms with Gasteiger partial charge in [0.25, 0.3) is 5.91 Å². The monoisotopic (exact) mass is 241 g/mol. The minimum absolute atomic E-state index is 0.245. The molecule has 0 radical (unpaired) electrons. The highest BCUT2D eigenvalue weighted by Gasteiger charge is 2.10. The Morgan fingerprint density at radius 3 is 2.50 bits per heavy atom. The summed E-state index contributed by atoms with van der Waals surface area (Å²) in [6, 6.07) is 7.49. The number of pyridine rings is 1.